The first-order valence-electron chi connectivity index (χ1n) is 7.16. The van der Waals surface area contributed by atoms with Gasteiger partial charge in [-0.15, -0.1) is 0 Å². The number of likely N-dealkylation sites (tertiary alicyclic amines) is 1. The molecule has 114 valence electrons. The number of pyridine rings is 1. The van der Waals surface area contributed by atoms with Crippen LogP contribution in [0.2, 0.25) is 0 Å². The number of primary amides is 1. The molecule has 6 nitrogen and oxygen atoms in total. The number of aliphatic hydroxyl groups is 1. The first-order valence-corrected chi connectivity index (χ1v) is 7.16. The molecule has 0 aliphatic carbocycles. The van der Waals surface area contributed by atoms with Crippen LogP contribution in [0.15, 0.2) is 36.5 Å². The van der Waals surface area contributed by atoms with E-state index in [9.17, 15) is 14.7 Å². The molecular weight excluding hydrogens is 282 g/mol. The summed E-state index contributed by atoms with van der Waals surface area (Å²) in [5, 5.41) is 11.1. The number of fused-ring (bicyclic) bond motifs is 1. The summed E-state index contributed by atoms with van der Waals surface area (Å²) in [5.41, 5.74) is 4.93. The van der Waals surface area contributed by atoms with E-state index in [4.69, 9.17) is 5.73 Å². The van der Waals surface area contributed by atoms with E-state index < -0.39 is 11.5 Å². The average molecular weight is 299 g/mol. The van der Waals surface area contributed by atoms with Crippen molar-refractivity contribution in [1.29, 1.82) is 0 Å². The molecule has 3 rings (SSSR count). The van der Waals surface area contributed by atoms with Gasteiger partial charge in [-0.05, 0) is 37.1 Å². The van der Waals surface area contributed by atoms with Gasteiger partial charge in [-0.25, -0.2) is 0 Å². The standard InChI is InChI=1S/C16H17N3O3/c17-15(21)16(22)6-2-8-19(10-16)14(20)12-4-5-13-11(9-12)3-1-7-18-13/h1,3-5,7,9,22H,2,6,8,10H2,(H2,17,21). The summed E-state index contributed by atoms with van der Waals surface area (Å²) in [6, 6.07) is 8.95. The number of hydrogen-bond donors (Lipinski definition) is 2. The molecule has 0 spiro atoms. The molecule has 1 atom stereocenters. The quantitative estimate of drug-likeness (QED) is 0.852. The van der Waals surface area contributed by atoms with Crippen LogP contribution < -0.4 is 5.73 Å². The summed E-state index contributed by atoms with van der Waals surface area (Å²) in [4.78, 5) is 29.7. The van der Waals surface area contributed by atoms with Crippen LogP contribution >= 0.6 is 0 Å². The number of aromatic nitrogens is 1. The Hall–Kier alpha value is -2.47. The fraction of sp³-hybridized carbons (Fsp3) is 0.312. The summed E-state index contributed by atoms with van der Waals surface area (Å²) in [5.74, 6) is -1.00. The number of benzene rings is 1. The van der Waals surface area contributed by atoms with E-state index >= 15 is 0 Å². The van der Waals surface area contributed by atoms with Crippen molar-refractivity contribution in [2.24, 2.45) is 5.73 Å². The molecule has 0 bridgehead atoms. The minimum absolute atomic E-state index is 0.0633. The molecule has 2 heterocycles. The third-order valence-electron chi connectivity index (χ3n) is 4.07. The first kappa shape index (κ1) is 14.5. The van der Waals surface area contributed by atoms with E-state index in [1.54, 1.807) is 24.4 Å². The predicted molar refractivity (Wildman–Crippen MR) is 81.0 cm³/mol. The number of nitrogens with two attached hydrogens (primary N) is 1. The van der Waals surface area contributed by atoms with Crippen LogP contribution in [-0.2, 0) is 4.79 Å². The molecule has 3 N–H and O–H groups in total. The van der Waals surface area contributed by atoms with Crippen LogP contribution in [0.5, 0.6) is 0 Å². The summed E-state index contributed by atoms with van der Waals surface area (Å²) in [6.07, 6.45) is 2.52. The number of piperidine rings is 1. The van der Waals surface area contributed by atoms with Crippen LogP contribution in [0.4, 0.5) is 0 Å². The van der Waals surface area contributed by atoms with Crippen molar-refractivity contribution in [3.05, 3.63) is 42.1 Å². The van der Waals surface area contributed by atoms with E-state index in [0.29, 0.717) is 18.5 Å². The lowest BCUT2D eigenvalue weighted by Crippen LogP contribution is -2.57. The molecule has 0 saturated carbocycles. The highest BCUT2D eigenvalue weighted by atomic mass is 16.3. The van der Waals surface area contributed by atoms with E-state index in [1.807, 2.05) is 12.1 Å². The smallest absolute Gasteiger partial charge is 0.253 e. The highest BCUT2D eigenvalue weighted by Gasteiger charge is 2.40. The second-order valence-electron chi connectivity index (χ2n) is 5.64. The minimum Gasteiger partial charge on any atom is -0.378 e. The van der Waals surface area contributed by atoms with Gasteiger partial charge < -0.3 is 15.7 Å². The van der Waals surface area contributed by atoms with Gasteiger partial charge in [0.15, 0.2) is 5.60 Å². The molecule has 1 aliphatic rings. The van der Waals surface area contributed by atoms with E-state index in [-0.39, 0.29) is 18.9 Å². The zero-order chi connectivity index (χ0) is 15.7. The second kappa shape index (κ2) is 5.38. The molecule has 1 unspecified atom stereocenters. The molecule has 1 aromatic heterocycles. The van der Waals surface area contributed by atoms with Crippen molar-refractivity contribution in [3.8, 4) is 0 Å². The molecule has 1 fully saturated rings. The Balaban J connectivity index is 1.87. The zero-order valence-corrected chi connectivity index (χ0v) is 12.0. The highest BCUT2D eigenvalue weighted by molar-refractivity contribution is 5.98. The first-order chi connectivity index (χ1) is 10.5. The van der Waals surface area contributed by atoms with Crippen molar-refractivity contribution in [2.45, 2.75) is 18.4 Å². The Labute approximate surface area is 127 Å². The molecular formula is C16H17N3O3. The maximum atomic E-state index is 12.6. The topological polar surface area (TPSA) is 96.5 Å². The fourth-order valence-corrected chi connectivity index (χ4v) is 2.80. The summed E-state index contributed by atoms with van der Waals surface area (Å²) in [7, 11) is 0. The monoisotopic (exact) mass is 299 g/mol. The van der Waals surface area contributed by atoms with Gasteiger partial charge in [0, 0.05) is 23.7 Å². The van der Waals surface area contributed by atoms with Gasteiger partial charge in [0.25, 0.3) is 11.8 Å². The van der Waals surface area contributed by atoms with Gasteiger partial charge in [0.05, 0.1) is 12.1 Å². The van der Waals surface area contributed by atoms with Gasteiger partial charge in [-0.1, -0.05) is 6.07 Å². The third kappa shape index (κ3) is 2.53. The van der Waals surface area contributed by atoms with Crippen LogP contribution in [0, 0.1) is 0 Å². The fourth-order valence-electron chi connectivity index (χ4n) is 2.80. The highest BCUT2D eigenvalue weighted by Crippen LogP contribution is 2.23. The maximum Gasteiger partial charge on any atom is 0.253 e. The van der Waals surface area contributed by atoms with Gasteiger partial charge in [-0.2, -0.15) is 0 Å². The maximum absolute atomic E-state index is 12.6. The molecule has 2 aromatic rings. The van der Waals surface area contributed by atoms with Gasteiger partial charge in [0.2, 0.25) is 0 Å². The average Bonchev–Trinajstić information content (AvgIpc) is 2.53. The molecule has 6 heteroatoms. The Morgan fingerprint density at radius 1 is 1.32 bits per heavy atom. The molecule has 1 aliphatic heterocycles. The van der Waals surface area contributed by atoms with E-state index in [1.165, 1.54) is 4.90 Å². The molecule has 22 heavy (non-hydrogen) atoms. The molecule has 1 aromatic carbocycles. The van der Waals surface area contributed by atoms with Gasteiger partial charge >= 0.3 is 0 Å². The van der Waals surface area contributed by atoms with Crippen molar-refractivity contribution in [1.82, 2.24) is 9.88 Å². The van der Waals surface area contributed by atoms with Crippen molar-refractivity contribution in [3.63, 3.8) is 0 Å². The Kier molecular flexibility index (Phi) is 3.54. The number of rotatable bonds is 2. The number of amides is 2. The zero-order valence-electron chi connectivity index (χ0n) is 12.0. The minimum atomic E-state index is -1.63. The van der Waals surface area contributed by atoms with Gasteiger partial charge in [-0.3, -0.25) is 14.6 Å². The van der Waals surface area contributed by atoms with E-state index in [2.05, 4.69) is 4.98 Å². The number of nitrogens with zero attached hydrogens (tertiary/aromatic N) is 2. The number of hydrogen-bond acceptors (Lipinski definition) is 4. The third-order valence-corrected chi connectivity index (χ3v) is 4.07. The lowest BCUT2D eigenvalue weighted by atomic mass is 9.91. The lowest BCUT2D eigenvalue weighted by Gasteiger charge is -2.37. The van der Waals surface area contributed by atoms with Crippen LogP contribution in [0.25, 0.3) is 10.9 Å². The molecule has 2 amide bonds. The Bertz CT molecular complexity index is 746. The van der Waals surface area contributed by atoms with Crippen molar-refractivity contribution in [2.75, 3.05) is 13.1 Å². The van der Waals surface area contributed by atoms with Crippen molar-refractivity contribution >= 4 is 22.7 Å². The van der Waals surface area contributed by atoms with Crippen LogP contribution in [0.1, 0.15) is 23.2 Å². The largest absolute Gasteiger partial charge is 0.378 e. The summed E-state index contributed by atoms with van der Waals surface area (Å²) in [6.45, 7) is 0.436. The summed E-state index contributed by atoms with van der Waals surface area (Å²) >= 11 is 0. The second-order valence-corrected chi connectivity index (χ2v) is 5.64. The SMILES string of the molecule is NC(=O)C1(O)CCCN(C(=O)c2ccc3ncccc3c2)C1. The normalized spacial score (nSPS) is 21.8. The Morgan fingerprint density at radius 2 is 2.14 bits per heavy atom. The molecule has 1 saturated heterocycles. The summed E-state index contributed by atoms with van der Waals surface area (Å²) < 4.78 is 0. The van der Waals surface area contributed by atoms with Gasteiger partial charge in [0.1, 0.15) is 0 Å². The molecule has 0 radical (unpaired) electrons. The number of carbonyl (C=O) groups excluding carboxylic acids is 2. The van der Waals surface area contributed by atoms with E-state index in [0.717, 1.165) is 10.9 Å². The van der Waals surface area contributed by atoms with Crippen LogP contribution in [0.3, 0.4) is 0 Å². The Morgan fingerprint density at radius 3 is 2.91 bits per heavy atom. The number of carbonyl (C=O) groups is 2. The predicted octanol–water partition coefficient (Wildman–Crippen LogP) is 0.687. The van der Waals surface area contributed by atoms with Crippen LogP contribution in [-0.4, -0.2) is 45.5 Å². The van der Waals surface area contributed by atoms with Crippen molar-refractivity contribution < 1.29 is 14.7 Å². The number of β-amino-alcohol motifs (C(OH)–C–C–N with tert-alkyl or cyclic N) is 1. The lowest BCUT2D eigenvalue weighted by molar-refractivity contribution is -0.140.